The number of piperazine rings is 1. The Morgan fingerprint density at radius 2 is 1.70 bits per heavy atom. The standard InChI is InChI=1S/C26H32N6O5/c33-25(19-5-2-1-3-6-19)28-17-22-18-31(26(34)37-22)21-10-8-20(9-11-21)29-13-15-30(16-14-29)24-23(32(35)36)7-4-12-27-24/h4,7-12,19,22H,1-3,5-6,13-18H2,(H,28,33). The molecule has 37 heavy (non-hydrogen) atoms. The topological polar surface area (TPSA) is 121 Å². The maximum absolute atomic E-state index is 12.5. The van der Waals surface area contributed by atoms with E-state index < -0.39 is 11.0 Å². The zero-order chi connectivity index (χ0) is 25.8. The van der Waals surface area contributed by atoms with Gasteiger partial charge in [0, 0.05) is 55.7 Å². The highest BCUT2D eigenvalue weighted by Crippen LogP contribution is 2.29. The molecule has 2 aromatic rings. The van der Waals surface area contributed by atoms with Crippen molar-refractivity contribution in [2.24, 2.45) is 5.92 Å². The van der Waals surface area contributed by atoms with Gasteiger partial charge in [0.15, 0.2) is 0 Å². The minimum atomic E-state index is -0.407. The third-order valence-electron chi connectivity index (χ3n) is 7.42. The summed E-state index contributed by atoms with van der Waals surface area (Å²) in [4.78, 5) is 45.8. The molecule has 3 fully saturated rings. The molecule has 196 valence electrons. The number of cyclic esters (lactones) is 1. The van der Waals surface area contributed by atoms with E-state index in [2.05, 4.69) is 15.2 Å². The number of hydrogen-bond donors (Lipinski definition) is 1. The largest absolute Gasteiger partial charge is 0.442 e. The number of amides is 2. The SMILES string of the molecule is O=C(NCC1CN(c2ccc(N3CCN(c4ncccc4[N+](=O)[O-])CC3)cc2)C(=O)O1)C1CCCCC1. The summed E-state index contributed by atoms with van der Waals surface area (Å²) >= 11 is 0. The average molecular weight is 509 g/mol. The minimum absolute atomic E-state index is 0.0182. The van der Waals surface area contributed by atoms with Gasteiger partial charge in [0.25, 0.3) is 0 Å². The van der Waals surface area contributed by atoms with Gasteiger partial charge in [-0.2, -0.15) is 0 Å². The molecule has 1 aromatic heterocycles. The van der Waals surface area contributed by atoms with Crippen molar-refractivity contribution >= 4 is 34.9 Å². The maximum atomic E-state index is 12.5. The summed E-state index contributed by atoms with van der Waals surface area (Å²) in [6, 6.07) is 10.8. The number of carbonyl (C=O) groups excluding carboxylic acids is 2. The van der Waals surface area contributed by atoms with Crippen molar-refractivity contribution in [3.05, 3.63) is 52.7 Å². The Bertz CT molecular complexity index is 1130. The van der Waals surface area contributed by atoms with E-state index in [0.29, 0.717) is 45.1 Å². The van der Waals surface area contributed by atoms with Gasteiger partial charge in [0.05, 0.1) is 18.0 Å². The van der Waals surface area contributed by atoms with Gasteiger partial charge < -0.3 is 19.9 Å². The van der Waals surface area contributed by atoms with Crippen LogP contribution in [0.25, 0.3) is 0 Å². The number of carbonyl (C=O) groups is 2. The summed E-state index contributed by atoms with van der Waals surface area (Å²) < 4.78 is 5.50. The molecule has 1 saturated carbocycles. The predicted octanol–water partition coefficient (Wildman–Crippen LogP) is 3.34. The first kappa shape index (κ1) is 24.8. The number of ether oxygens (including phenoxy) is 1. The molecule has 2 aliphatic heterocycles. The number of benzene rings is 1. The third kappa shape index (κ3) is 5.60. The van der Waals surface area contributed by atoms with Crippen molar-refractivity contribution in [3.63, 3.8) is 0 Å². The first-order valence-corrected chi connectivity index (χ1v) is 12.9. The van der Waals surface area contributed by atoms with E-state index in [1.807, 2.05) is 29.2 Å². The van der Waals surface area contributed by atoms with E-state index in [4.69, 9.17) is 4.74 Å². The number of aromatic nitrogens is 1. The highest BCUT2D eigenvalue weighted by molar-refractivity contribution is 5.90. The molecule has 2 amide bonds. The lowest BCUT2D eigenvalue weighted by molar-refractivity contribution is -0.384. The molecule has 5 rings (SSSR count). The maximum Gasteiger partial charge on any atom is 0.414 e. The van der Waals surface area contributed by atoms with Crippen molar-refractivity contribution in [2.45, 2.75) is 38.2 Å². The second kappa shape index (κ2) is 11.0. The molecular formula is C26H32N6O5. The van der Waals surface area contributed by atoms with Crippen LogP contribution in [0, 0.1) is 16.0 Å². The van der Waals surface area contributed by atoms with Crippen LogP contribution in [0.5, 0.6) is 0 Å². The molecule has 1 unspecified atom stereocenters. The summed E-state index contributed by atoms with van der Waals surface area (Å²) in [6.07, 6.45) is 6.07. The van der Waals surface area contributed by atoms with Gasteiger partial charge in [-0.05, 0) is 43.2 Å². The van der Waals surface area contributed by atoms with Crippen molar-refractivity contribution < 1.29 is 19.2 Å². The Kier molecular flexibility index (Phi) is 7.38. The van der Waals surface area contributed by atoms with Gasteiger partial charge >= 0.3 is 11.8 Å². The number of anilines is 3. The van der Waals surface area contributed by atoms with E-state index in [9.17, 15) is 19.7 Å². The summed E-state index contributed by atoms with van der Waals surface area (Å²) in [5, 5.41) is 14.3. The van der Waals surface area contributed by atoms with Crippen LogP contribution in [0.15, 0.2) is 42.6 Å². The lowest BCUT2D eigenvalue weighted by atomic mass is 9.88. The number of pyridine rings is 1. The van der Waals surface area contributed by atoms with E-state index >= 15 is 0 Å². The fraction of sp³-hybridized carbons (Fsp3) is 0.500. The van der Waals surface area contributed by atoms with E-state index in [-0.39, 0.29) is 23.6 Å². The Morgan fingerprint density at radius 1 is 1.03 bits per heavy atom. The first-order valence-electron chi connectivity index (χ1n) is 12.9. The quantitative estimate of drug-likeness (QED) is 0.447. The molecule has 1 atom stereocenters. The van der Waals surface area contributed by atoms with Crippen molar-refractivity contribution in [1.82, 2.24) is 10.3 Å². The second-order valence-electron chi connectivity index (χ2n) is 9.79. The number of nitrogens with one attached hydrogen (secondary N) is 1. The summed E-state index contributed by atoms with van der Waals surface area (Å²) in [6.45, 7) is 3.35. The zero-order valence-electron chi connectivity index (χ0n) is 20.8. The van der Waals surface area contributed by atoms with Crippen LogP contribution in [0.3, 0.4) is 0 Å². The van der Waals surface area contributed by atoms with Crippen molar-refractivity contribution in [3.8, 4) is 0 Å². The number of nitrogens with zero attached hydrogens (tertiary/aromatic N) is 5. The molecule has 11 heteroatoms. The van der Waals surface area contributed by atoms with Gasteiger partial charge in [-0.25, -0.2) is 9.78 Å². The number of nitro groups is 1. The predicted molar refractivity (Wildman–Crippen MR) is 139 cm³/mol. The first-order chi connectivity index (χ1) is 18.0. The molecule has 2 saturated heterocycles. The van der Waals surface area contributed by atoms with Gasteiger partial charge in [-0.1, -0.05) is 19.3 Å². The van der Waals surface area contributed by atoms with E-state index in [1.165, 1.54) is 12.5 Å². The molecule has 11 nitrogen and oxygen atoms in total. The highest BCUT2D eigenvalue weighted by atomic mass is 16.6. The molecule has 3 heterocycles. The van der Waals surface area contributed by atoms with Crippen LogP contribution in [0.2, 0.25) is 0 Å². The van der Waals surface area contributed by atoms with Crippen LogP contribution >= 0.6 is 0 Å². The van der Waals surface area contributed by atoms with Crippen LogP contribution < -0.4 is 20.0 Å². The molecule has 1 aliphatic carbocycles. The van der Waals surface area contributed by atoms with Crippen LogP contribution in [-0.2, 0) is 9.53 Å². The van der Waals surface area contributed by atoms with Gasteiger partial charge in [-0.15, -0.1) is 0 Å². The Hall–Kier alpha value is -3.89. The van der Waals surface area contributed by atoms with Crippen LogP contribution in [0.4, 0.5) is 27.7 Å². The number of hydrogen-bond acceptors (Lipinski definition) is 8. The fourth-order valence-corrected chi connectivity index (χ4v) is 5.36. The third-order valence-corrected chi connectivity index (χ3v) is 7.42. The second-order valence-corrected chi connectivity index (χ2v) is 9.79. The van der Waals surface area contributed by atoms with E-state index in [0.717, 1.165) is 37.1 Å². The molecule has 1 aromatic carbocycles. The monoisotopic (exact) mass is 508 g/mol. The number of rotatable bonds is 7. The van der Waals surface area contributed by atoms with Crippen LogP contribution in [-0.4, -0.2) is 67.3 Å². The van der Waals surface area contributed by atoms with Crippen LogP contribution in [0.1, 0.15) is 32.1 Å². The lowest BCUT2D eigenvalue weighted by Gasteiger charge is -2.36. The molecule has 0 radical (unpaired) electrons. The Morgan fingerprint density at radius 3 is 2.41 bits per heavy atom. The van der Waals surface area contributed by atoms with Gasteiger partial charge in [0.2, 0.25) is 11.7 Å². The highest BCUT2D eigenvalue weighted by Gasteiger charge is 2.33. The van der Waals surface area contributed by atoms with Crippen molar-refractivity contribution in [1.29, 1.82) is 0 Å². The van der Waals surface area contributed by atoms with E-state index in [1.54, 1.807) is 17.2 Å². The molecule has 0 bridgehead atoms. The Labute approximate surface area is 215 Å². The van der Waals surface area contributed by atoms with Gasteiger partial charge in [-0.3, -0.25) is 19.8 Å². The smallest absolute Gasteiger partial charge is 0.414 e. The zero-order valence-corrected chi connectivity index (χ0v) is 20.8. The van der Waals surface area contributed by atoms with Crippen molar-refractivity contribution in [2.75, 3.05) is 54.0 Å². The molecular weight excluding hydrogens is 476 g/mol. The average Bonchev–Trinajstić information content (AvgIpc) is 3.32. The molecule has 3 aliphatic rings. The molecule has 0 spiro atoms. The summed E-state index contributed by atoms with van der Waals surface area (Å²) in [7, 11) is 0. The van der Waals surface area contributed by atoms with Gasteiger partial charge in [0.1, 0.15) is 6.10 Å². The Balaban J connectivity index is 1.13. The summed E-state index contributed by atoms with van der Waals surface area (Å²) in [5.41, 5.74) is 1.78. The summed E-state index contributed by atoms with van der Waals surface area (Å²) in [5.74, 6) is 0.547. The fourth-order valence-electron chi connectivity index (χ4n) is 5.36. The minimum Gasteiger partial charge on any atom is -0.442 e. The molecule has 1 N–H and O–H groups in total. The normalized spacial score (nSPS) is 20.6. The lowest BCUT2D eigenvalue weighted by Crippen LogP contribution is -2.47.